The lowest BCUT2D eigenvalue weighted by Gasteiger charge is -2.03. The molecule has 1 rings (SSSR count). The van der Waals surface area contributed by atoms with Gasteiger partial charge in [0.15, 0.2) is 0 Å². The van der Waals surface area contributed by atoms with Crippen LogP contribution in [0.4, 0.5) is 0 Å². The molecule has 0 saturated carbocycles. The molecule has 2 unspecified atom stereocenters. The number of hydrogen-bond acceptors (Lipinski definition) is 3. The van der Waals surface area contributed by atoms with Gasteiger partial charge in [0.05, 0.1) is 12.1 Å². The van der Waals surface area contributed by atoms with E-state index in [1.807, 2.05) is 0 Å². The van der Waals surface area contributed by atoms with Crippen molar-refractivity contribution in [1.29, 1.82) is 0 Å². The van der Waals surface area contributed by atoms with E-state index in [4.69, 9.17) is 10.8 Å². The summed E-state index contributed by atoms with van der Waals surface area (Å²) < 4.78 is 0. The van der Waals surface area contributed by atoms with E-state index in [1.54, 1.807) is 0 Å². The molecule has 0 radical (unpaired) electrons. The molecule has 4 heteroatoms. The van der Waals surface area contributed by atoms with Gasteiger partial charge in [-0.15, -0.1) is 0 Å². The molecule has 1 aliphatic rings. The number of carbonyl (C=O) groups is 1. The van der Waals surface area contributed by atoms with Crippen molar-refractivity contribution < 1.29 is 9.90 Å². The maximum absolute atomic E-state index is 10.8. The van der Waals surface area contributed by atoms with Crippen molar-refractivity contribution in [2.24, 2.45) is 5.73 Å². The number of aliphatic hydroxyl groups is 1. The smallest absolute Gasteiger partial charge is 0.237 e. The third kappa shape index (κ3) is 1.68. The first-order valence-electron chi connectivity index (χ1n) is 3.41. The van der Waals surface area contributed by atoms with Crippen LogP contribution >= 0.6 is 0 Å². The summed E-state index contributed by atoms with van der Waals surface area (Å²) in [5.41, 5.74) is 5.42. The van der Waals surface area contributed by atoms with Gasteiger partial charge in [0.25, 0.3) is 0 Å². The van der Waals surface area contributed by atoms with Crippen molar-refractivity contribution in [3.05, 3.63) is 0 Å². The van der Waals surface area contributed by atoms with Crippen molar-refractivity contribution in [2.75, 3.05) is 6.54 Å². The van der Waals surface area contributed by atoms with Gasteiger partial charge in [-0.1, -0.05) is 0 Å². The molecule has 1 aliphatic heterocycles. The van der Waals surface area contributed by atoms with Crippen LogP contribution in [0.5, 0.6) is 0 Å². The summed E-state index contributed by atoms with van der Waals surface area (Å²) in [4.78, 5) is 10.8. The van der Waals surface area contributed by atoms with Crippen molar-refractivity contribution >= 4 is 5.91 Å². The molecule has 0 aliphatic carbocycles. The lowest BCUT2D eigenvalue weighted by Crippen LogP contribution is -2.39. The Bertz CT molecular complexity index is 138. The van der Waals surface area contributed by atoms with Crippen LogP contribution in [-0.4, -0.2) is 29.7 Å². The van der Waals surface area contributed by atoms with Crippen LogP contribution in [0.25, 0.3) is 0 Å². The van der Waals surface area contributed by atoms with Crippen LogP contribution in [0.15, 0.2) is 0 Å². The molecule has 0 bridgehead atoms. The number of hydrogen-bond donors (Lipinski definition) is 3. The highest BCUT2D eigenvalue weighted by atomic mass is 16.3. The molecule has 4 nitrogen and oxygen atoms in total. The van der Waals surface area contributed by atoms with E-state index >= 15 is 0 Å². The molecule has 0 spiro atoms. The second-order valence-electron chi connectivity index (χ2n) is 2.58. The predicted molar refractivity (Wildman–Crippen MR) is 36.2 cm³/mol. The first kappa shape index (κ1) is 7.50. The van der Waals surface area contributed by atoms with Gasteiger partial charge in [-0.3, -0.25) is 4.79 Å². The van der Waals surface area contributed by atoms with Crippen molar-refractivity contribution in [3.63, 3.8) is 0 Å². The Balaban J connectivity index is 2.46. The Morgan fingerprint density at radius 1 is 1.60 bits per heavy atom. The van der Waals surface area contributed by atoms with Crippen molar-refractivity contribution in [1.82, 2.24) is 5.32 Å². The van der Waals surface area contributed by atoms with E-state index in [9.17, 15) is 4.79 Å². The normalized spacial score (nSPS) is 34.8. The lowest BCUT2D eigenvalue weighted by molar-refractivity contribution is -0.122. The summed E-state index contributed by atoms with van der Waals surface area (Å²) in [6, 6.07) is -0.433. The van der Waals surface area contributed by atoms with Crippen molar-refractivity contribution in [3.8, 4) is 0 Å². The highest BCUT2D eigenvalue weighted by molar-refractivity contribution is 5.81. The van der Waals surface area contributed by atoms with Gasteiger partial charge in [-0.25, -0.2) is 0 Å². The SMILES string of the molecule is NC1CCC(O)CNC1=O. The molecular formula is C6H12N2O2. The summed E-state index contributed by atoms with van der Waals surface area (Å²) in [5, 5.41) is 11.6. The highest BCUT2D eigenvalue weighted by Gasteiger charge is 2.19. The fraction of sp³-hybridized carbons (Fsp3) is 0.833. The molecule has 0 aromatic heterocycles. The van der Waals surface area contributed by atoms with Crippen LogP contribution in [0.3, 0.4) is 0 Å². The second-order valence-corrected chi connectivity index (χ2v) is 2.58. The van der Waals surface area contributed by atoms with Gasteiger partial charge >= 0.3 is 0 Å². The second kappa shape index (κ2) is 2.98. The molecule has 1 heterocycles. The van der Waals surface area contributed by atoms with Crippen molar-refractivity contribution in [2.45, 2.75) is 25.0 Å². The fourth-order valence-corrected chi connectivity index (χ4v) is 0.955. The summed E-state index contributed by atoms with van der Waals surface area (Å²) in [6.45, 7) is 0.340. The van der Waals surface area contributed by atoms with E-state index in [0.29, 0.717) is 19.4 Å². The van der Waals surface area contributed by atoms with Crippen LogP contribution < -0.4 is 11.1 Å². The zero-order chi connectivity index (χ0) is 7.56. The number of nitrogens with one attached hydrogen (secondary N) is 1. The zero-order valence-electron chi connectivity index (χ0n) is 5.71. The Morgan fingerprint density at radius 2 is 2.30 bits per heavy atom. The van der Waals surface area contributed by atoms with Gasteiger partial charge in [-0.2, -0.15) is 0 Å². The van der Waals surface area contributed by atoms with E-state index in [0.717, 1.165) is 0 Å². The molecule has 10 heavy (non-hydrogen) atoms. The molecule has 1 fully saturated rings. The fourth-order valence-electron chi connectivity index (χ4n) is 0.955. The predicted octanol–water partition coefficient (Wildman–Crippen LogP) is -1.42. The van der Waals surface area contributed by atoms with E-state index in [2.05, 4.69) is 5.32 Å². The summed E-state index contributed by atoms with van der Waals surface area (Å²) in [5.74, 6) is -0.156. The monoisotopic (exact) mass is 144 g/mol. The Kier molecular flexibility index (Phi) is 2.24. The molecule has 1 amide bonds. The minimum absolute atomic E-state index is 0.156. The quantitative estimate of drug-likeness (QED) is 0.391. The minimum atomic E-state index is -0.433. The minimum Gasteiger partial charge on any atom is -0.391 e. The number of β-amino-alcohol motifs (C(OH)–C–C–N with tert-alkyl or cyclic N) is 1. The number of rotatable bonds is 0. The zero-order valence-corrected chi connectivity index (χ0v) is 5.71. The first-order chi connectivity index (χ1) is 4.70. The topological polar surface area (TPSA) is 75.3 Å². The van der Waals surface area contributed by atoms with Crippen LogP contribution in [-0.2, 0) is 4.79 Å². The van der Waals surface area contributed by atoms with E-state index < -0.39 is 12.1 Å². The number of amides is 1. The van der Waals surface area contributed by atoms with Gasteiger partial charge in [-0.05, 0) is 12.8 Å². The number of aliphatic hydroxyl groups excluding tert-OH is 1. The number of carbonyl (C=O) groups excluding carboxylic acids is 1. The third-order valence-corrected chi connectivity index (χ3v) is 1.66. The van der Waals surface area contributed by atoms with Crippen LogP contribution in [0, 0.1) is 0 Å². The van der Waals surface area contributed by atoms with Crippen LogP contribution in [0.2, 0.25) is 0 Å². The third-order valence-electron chi connectivity index (χ3n) is 1.66. The first-order valence-corrected chi connectivity index (χ1v) is 3.41. The Labute approximate surface area is 59.4 Å². The van der Waals surface area contributed by atoms with Gasteiger partial charge in [0, 0.05) is 6.54 Å². The van der Waals surface area contributed by atoms with Crippen LogP contribution in [0.1, 0.15) is 12.8 Å². The van der Waals surface area contributed by atoms with E-state index in [-0.39, 0.29) is 5.91 Å². The van der Waals surface area contributed by atoms with E-state index in [1.165, 1.54) is 0 Å². The molecule has 0 aromatic carbocycles. The molecule has 4 N–H and O–H groups in total. The molecule has 0 aromatic rings. The standard InChI is InChI=1S/C6H12N2O2/c7-5-2-1-4(9)3-8-6(5)10/h4-5,9H,1-3,7H2,(H,8,10). The average Bonchev–Trinajstić information content (AvgIpc) is 2.04. The summed E-state index contributed by atoms with van der Waals surface area (Å²) in [6.07, 6.45) is 0.768. The van der Waals surface area contributed by atoms with Gasteiger partial charge < -0.3 is 16.2 Å². The van der Waals surface area contributed by atoms with Gasteiger partial charge in [0.2, 0.25) is 5.91 Å². The number of nitrogens with two attached hydrogens (primary N) is 1. The van der Waals surface area contributed by atoms with Gasteiger partial charge in [0.1, 0.15) is 0 Å². The summed E-state index contributed by atoms with van der Waals surface area (Å²) >= 11 is 0. The molecule has 58 valence electrons. The summed E-state index contributed by atoms with van der Waals surface area (Å²) in [7, 11) is 0. The maximum atomic E-state index is 10.8. The molecule has 2 atom stereocenters. The largest absolute Gasteiger partial charge is 0.391 e. The Hall–Kier alpha value is -0.610. The average molecular weight is 144 g/mol. The highest BCUT2D eigenvalue weighted by Crippen LogP contribution is 2.03. The lowest BCUT2D eigenvalue weighted by atomic mass is 10.1. The maximum Gasteiger partial charge on any atom is 0.237 e. The molecular weight excluding hydrogens is 132 g/mol. The Morgan fingerprint density at radius 3 is 3.00 bits per heavy atom. The molecule has 1 saturated heterocycles.